The number of hydrogen-bond acceptors (Lipinski definition) is 4. The molecule has 7 heteroatoms. The fraction of sp³-hybridized carbons (Fsp3) is 0.429. The molecule has 0 atom stereocenters. The van der Waals surface area contributed by atoms with Crippen LogP contribution in [0.4, 0.5) is 5.69 Å². The molecule has 0 spiro atoms. The van der Waals surface area contributed by atoms with E-state index in [2.05, 4.69) is 38.5 Å². The van der Waals surface area contributed by atoms with Crippen LogP contribution in [0.25, 0.3) is 0 Å². The van der Waals surface area contributed by atoms with Crippen LogP contribution in [0.5, 0.6) is 0 Å². The molecular formula is C21H26BrN3O3. The Morgan fingerprint density at radius 1 is 1.14 bits per heavy atom. The zero-order valence-electron chi connectivity index (χ0n) is 16.0. The quantitative estimate of drug-likeness (QED) is 0.667. The average molecular weight is 448 g/mol. The summed E-state index contributed by atoms with van der Waals surface area (Å²) in [7, 11) is 2.15. The molecule has 1 aliphatic carbocycles. The second kappa shape index (κ2) is 9.89. The summed E-state index contributed by atoms with van der Waals surface area (Å²) in [5, 5.41) is 5.48. The fourth-order valence-corrected chi connectivity index (χ4v) is 3.88. The van der Waals surface area contributed by atoms with Gasteiger partial charge in [-0.1, -0.05) is 37.5 Å². The molecule has 1 aromatic heterocycles. The summed E-state index contributed by atoms with van der Waals surface area (Å²) in [6.07, 6.45) is 6.39. The molecule has 1 saturated carbocycles. The van der Waals surface area contributed by atoms with E-state index in [0.29, 0.717) is 10.7 Å². The maximum atomic E-state index is 12.3. The number of carbonyl (C=O) groups excluding carboxylic acids is 2. The lowest BCUT2D eigenvalue weighted by Crippen LogP contribution is -2.34. The molecule has 2 amide bonds. The minimum atomic E-state index is -0.425. The number of furan rings is 1. The Bertz CT molecular complexity index is 815. The average Bonchev–Trinajstić information content (AvgIpc) is 3.15. The number of amides is 2. The number of halogens is 1. The highest BCUT2D eigenvalue weighted by molar-refractivity contribution is 9.10. The van der Waals surface area contributed by atoms with Crippen molar-refractivity contribution in [1.29, 1.82) is 0 Å². The van der Waals surface area contributed by atoms with Crippen LogP contribution < -0.4 is 10.6 Å². The Morgan fingerprint density at radius 3 is 2.61 bits per heavy atom. The van der Waals surface area contributed by atoms with Crippen molar-refractivity contribution in [2.75, 3.05) is 18.9 Å². The standard InChI is InChI=1S/C21H26BrN3O3/c1-25(16-8-3-2-4-9-16)14-15-7-5-6-10-17(15)24-20(26)13-23-21(27)18-11-12-19(22)28-18/h5-7,10-12,16H,2-4,8-9,13-14H2,1H3,(H,23,27)(H,24,26). The Labute approximate surface area is 173 Å². The Morgan fingerprint density at radius 2 is 1.89 bits per heavy atom. The van der Waals surface area contributed by atoms with Gasteiger partial charge in [0.2, 0.25) is 5.91 Å². The third-order valence-electron chi connectivity index (χ3n) is 5.12. The first-order chi connectivity index (χ1) is 13.5. The van der Waals surface area contributed by atoms with E-state index in [1.807, 2.05) is 24.3 Å². The normalized spacial score (nSPS) is 14.8. The van der Waals surface area contributed by atoms with Crippen molar-refractivity contribution in [3.05, 3.63) is 52.4 Å². The molecule has 6 nitrogen and oxygen atoms in total. The van der Waals surface area contributed by atoms with Gasteiger partial charge in [0.15, 0.2) is 10.4 Å². The van der Waals surface area contributed by atoms with Gasteiger partial charge in [-0.3, -0.25) is 14.5 Å². The SMILES string of the molecule is CN(Cc1ccccc1NC(=O)CNC(=O)c1ccc(Br)o1)C1CCCCC1. The van der Waals surface area contributed by atoms with E-state index in [9.17, 15) is 9.59 Å². The monoisotopic (exact) mass is 447 g/mol. The fourth-order valence-electron chi connectivity index (χ4n) is 3.58. The van der Waals surface area contributed by atoms with Gasteiger partial charge in [-0.25, -0.2) is 0 Å². The molecule has 2 N–H and O–H groups in total. The van der Waals surface area contributed by atoms with Crippen LogP contribution in [0.1, 0.15) is 48.2 Å². The molecule has 28 heavy (non-hydrogen) atoms. The molecule has 1 heterocycles. The second-order valence-corrected chi connectivity index (χ2v) is 7.98. The van der Waals surface area contributed by atoms with Crippen molar-refractivity contribution < 1.29 is 14.0 Å². The van der Waals surface area contributed by atoms with Crippen molar-refractivity contribution in [3.63, 3.8) is 0 Å². The highest BCUT2D eigenvalue weighted by Crippen LogP contribution is 2.24. The van der Waals surface area contributed by atoms with Gasteiger partial charge in [0.25, 0.3) is 5.91 Å². The van der Waals surface area contributed by atoms with Crippen LogP contribution in [-0.2, 0) is 11.3 Å². The van der Waals surface area contributed by atoms with Gasteiger partial charge in [-0.05, 0) is 59.6 Å². The van der Waals surface area contributed by atoms with Crippen molar-refractivity contribution in [3.8, 4) is 0 Å². The van der Waals surface area contributed by atoms with E-state index in [1.54, 1.807) is 12.1 Å². The molecule has 2 aromatic rings. The number of carbonyl (C=O) groups is 2. The Kier molecular flexibility index (Phi) is 7.28. The van der Waals surface area contributed by atoms with Gasteiger partial charge in [-0.2, -0.15) is 0 Å². The summed E-state index contributed by atoms with van der Waals surface area (Å²) in [5.41, 5.74) is 1.86. The Balaban J connectivity index is 1.54. The van der Waals surface area contributed by atoms with Crippen molar-refractivity contribution in [2.24, 2.45) is 0 Å². The van der Waals surface area contributed by atoms with Crippen LogP contribution >= 0.6 is 15.9 Å². The summed E-state index contributed by atoms with van der Waals surface area (Å²) in [4.78, 5) is 26.7. The molecule has 0 saturated heterocycles. The van der Waals surface area contributed by atoms with Crippen molar-refractivity contribution >= 4 is 33.4 Å². The number of nitrogens with zero attached hydrogens (tertiary/aromatic N) is 1. The zero-order valence-corrected chi connectivity index (χ0v) is 17.6. The van der Waals surface area contributed by atoms with Crippen LogP contribution in [0, 0.1) is 0 Å². The van der Waals surface area contributed by atoms with Crippen LogP contribution in [0.3, 0.4) is 0 Å². The third-order valence-corrected chi connectivity index (χ3v) is 5.54. The minimum absolute atomic E-state index is 0.121. The molecule has 0 bridgehead atoms. The van der Waals surface area contributed by atoms with Crippen LogP contribution in [0.2, 0.25) is 0 Å². The molecule has 3 rings (SSSR count). The Hall–Kier alpha value is -2.12. The number of hydrogen-bond donors (Lipinski definition) is 2. The molecule has 0 aliphatic heterocycles. The molecule has 1 aliphatic rings. The number of benzene rings is 1. The first-order valence-corrected chi connectivity index (χ1v) is 10.4. The smallest absolute Gasteiger partial charge is 0.287 e. The van der Waals surface area contributed by atoms with Gasteiger partial charge in [0, 0.05) is 18.3 Å². The van der Waals surface area contributed by atoms with Crippen molar-refractivity contribution in [2.45, 2.75) is 44.7 Å². The van der Waals surface area contributed by atoms with Crippen molar-refractivity contribution in [1.82, 2.24) is 10.2 Å². The summed E-state index contributed by atoms with van der Waals surface area (Å²) in [6.45, 7) is 0.665. The molecule has 1 fully saturated rings. The van der Waals surface area contributed by atoms with Crippen LogP contribution in [-0.4, -0.2) is 36.3 Å². The summed E-state index contributed by atoms with van der Waals surface area (Å²) in [5.74, 6) is -0.535. The highest BCUT2D eigenvalue weighted by atomic mass is 79.9. The van der Waals surface area contributed by atoms with Gasteiger partial charge in [-0.15, -0.1) is 0 Å². The lowest BCUT2D eigenvalue weighted by atomic mass is 9.94. The van der Waals surface area contributed by atoms with E-state index in [0.717, 1.165) is 17.8 Å². The van der Waals surface area contributed by atoms with E-state index in [1.165, 1.54) is 32.1 Å². The lowest BCUT2D eigenvalue weighted by Gasteiger charge is -2.31. The first kappa shape index (κ1) is 20.6. The maximum absolute atomic E-state index is 12.3. The molecule has 0 radical (unpaired) electrons. The number of rotatable bonds is 7. The van der Waals surface area contributed by atoms with E-state index < -0.39 is 5.91 Å². The molecular weight excluding hydrogens is 422 g/mol. The lowest BCUT2D eigenvalue weighted by molar-refractivity contribution is -0.115. The summed E-state index contributed by atoms with van der Waals surface area (Å²) < 4.78 is 5.65. The first-order valence-electron chi connectivity index (χ1n) is 9.64. The second-order valence-electron chi connectivity index (χ2n) is 7.20. The molecule has 150 valence electrons. The van der Waals surface area contributed by atoms with Gasteiger partial charge in [0.05, 0.1) is 6.54 Å². The van der Waals surface area contributed by atoms with E-state index in [4.69, 9.17) is 4.42 Å². The number of anilines is 1. The zero-order chi connectivity index (χ0) is 19.9. The topological polar surface area (TPSA) is 74.6 Å². The van der Waals surface area contributed by atoms with E-state index in [-0.39, 0.29) is 18.2 Å². The minimum Gasteiger partial charge on any atom is -0.444 e. The molecule has 1 aromatic carbocycles. The van der Waals surface area contributed by atoms with Gasteiger partial charge >= 0.3 is 0 Å². The number of para-hydroxylation sites is 1. The molecule has 0 unspecified atom stereocenters. The van der Waals surface area contributed by atoms with Crippen LogP contribution in [0.15, 0.2) is 45.5 Å². The van der Waals surface area contributed by atoms with E-state index >= 15 is 0 Å². The van der Waals surface area contributed by atoms with Gasteiger partial charge in [0.1, 0.15) is 0 Å². The third kappa shape index (κ3) is 5.69. The predicted octanol–water partition coefficient (Wildman–Crippen LogP) is 4.18. The summed E-state index contributed by atoms with van der Waals surface area (Å²) >= 11 is 3.15. The maximum Gasteiger partial charge on any atom is 0.287 e. The predicted molar refractivity (Wildman–Crippen MR) is 112 cm³/mol. The number of nitrogens with one attached hydrogen (secondary N) is 2. The highest BCUT2D eigenvalue weighted by Gasteiger charge is 2.19. The summed E-state index contributed by atoms with van der Waals surface area (Å²) in [6, 6.07) is 11.6. The van der Waals surface area contributed by atoms with Gasteiger partial charge < -0.3 is 15.1 Å². The largest absolute Gasteiger partial charge is 0.444 e.